The fourth-order valence-electron chi connectivity index (χ4n) is 4.29. The molecule has 0 unspecified atom stereocenters. The Morgan fingerprint density at radius 3 is 2.36 bits per heavy atom. The van der Waals surface area contributed by atoms with Crippen LogP contribution in [-0.4, -0.2) is 31.7 Å². The van der Waals surface area contributed by atoms with Gasteiger partial charge in [-0.05, 0) is 60.7 Å². The summed E-state index contributed by atoms with van der Waals surface area (Å²) in [6.45, 7) is 2.44. The minimum Gasteiger partial charge on any atom is -0.345 e. The summed E-state index contributed by atoms with van der Waals surface area (Å²) in [4.78, 5) is 13.4. The molecule has 1 saturated heterocycles. The molecule has 172 valence electrons. The standard InChI is InChI=1S/C26H27FN2O3S/c1-19-8-5-6-12-24(19)25(20-9-3-2-4-10-20)28-26(30)21-11-7-17-29(18-21)33(31,32)23-15-13-22(27)14-16-23/h2-6,8-10,12-16,21,25H,7,11,17-18H2,1H3,(H,28,30)/t21-,25-/m0/s1. The van der Waals surface area contributed by atoms with E-state index in [-0.39, 0.29) is 23.4 Å². The molecule has 0 saturated carbocycles. The lowest BCUT2D eigenvalue weighted by Crippen LogP contribution is -2.46. The van der Waals surface area contributed by atoms with Gasteiger partial charge in [0.25, 0.3) is 0 Å². The van der Waals surface area contributed by atoms with Crippen LogP contribution >= 0.6 is 0 Å². The van der Waals surface area contributed by atoms with Crippen molar-refractivity contribution in [1.82, 2.24) is 9.62 Å². The zero-order chi connectivity index (χ0) is 23.4. The molecule has 1 heterocycles. The predicted molar refractivity (Wildman–Crippen MR) is 125 cm³/mol. The van der Waals surface area contributed by atoms with E-state index in [1.807, 2.05) is 61.5 Å². The Hall–Kier alpha value is -3.03. The highest BCUT2D eigenvalue weighted by atomic mass is 32.2. The fraction of sp³-hybridized carbons (Fsp3) is 0.269. The van der Waals surface area contributed by atoms with Crippen molar-refractivity contribution in [1.29, 1.82) is 0 Å². The first-order valence-corrected chi connectivity index (χ1v) is 12.5. The summed E-state index contributed by atoms with van der Waals surface area (Å²) in [5.41, 5.74) is 3.03. The molecule has 0 radical (unpaired) electrons. The summed E-state index contributed by atoms with van der Waals surface area (Å²) < 4.78 is 40.7. The van der Waals surface area contributed by atoms with E-state index >= 15 is 0 Å². The van der Waals surface area contributed by atoms with Crippen LogP contribution in [0.1, 0.15) is 35.6 Å². The molecule has 1 N–H and O–H groups in total. The van der Waals surface area contributed by atoms with Crippen molar-refractivity contribution >= 4 is 15.9 Å². The van der Waals surface area contributed by atoms with E-state index in [2.05, 4.69) is 5.32 Å². The van der Waals surface area contributed by atoms with E-state index in [0.717, 1.165) is 28.8 Å². The van der Waals surface area contributed by atoms with Crippen LogP contribution in [0.15, 0.2) is 83.8 Å². The third kappa shape index (κ3) is 5.15. The third-order valence-corrected chi connectivity index (χ3v) is 8.00. The van der Waals surface area contributed by atoms with Gasteiger partial charge in [0.05, 0.1) is 16.9 Å². The van der Waals surface area contributed by atoms with Gasteiger partial charge >= 0.3 is 0 Å². The number of nitrogens with one attached hydrogen (secondary N) is 1. The van der Waals surface area contributed by atoms with Crippen LogP contribution in [0.2, 0.25) is 0 Å². The highest BCUT2D eigenvalue weighted by Gasteiger charge is 2.34. The van der Waals surface area contributed by atoms with Crippen molar-refractivity contribution in [3.05, 3.63) is 101 Å². The molecule has 0 aliphatic carbocycles. The van der Waals surface area contributed by atoms with Crippen molar-refractivity contribution in [3.63, 3.8) is 0 Å². The van der Waals surface area contributed by atoms with Crippen LogP contribution in [0.4, 0.5) is 4.39 Å². The number of carbonyl (C=O) groups excluding carboxylic acids is 1. The van der Waals surface area contributed by atoms with Gasteiger partial charge < -0.3 is 5.32 Å². The van der Waals surface area contributed by atoms with Gasteiger partial charge in [-0.2, -0.15) is 4.31 Å². The number of rotatable bonds is 6. The van der Waals surface area contributed by atoms with Gasteiger partial charge in [-0.3, -0.25) is 4.79 Å². The molecular weight excluding hydrogens is 439 g/mol. The van der Waals surface area contributed by atoms with E-state index < -0.39 is 21.8 Å². The van der Waals surface area contributed by atoms with E-state index in [9.17, 15) is 17.6 Å². The second-order valence-corrected chi connectivity index (χ2v) is 10.3. The maximum absolute atomic E-state index is 13.3. The molecule has 1 aliphatic heterocycles. The lowest BCUT2D eigenvalue weighted by atomic mass is 9.93. The van der Waals surface area contributed by atoms with Crippen molar-refractivity contribution < 1.29 is 17.6 Å². The van der Waals surface area contributed by atoms with Crippen LogP contribution in [0, 0.1) is 18.7 Å². The van der Waals surface area contributed by atoms with E-state index in [1.54, 1.807) is 0 Å². The van der Waals surface area contributed by atoms with Gasteiger partial charge in [-0.15, -0.1) is 0 Å². The molecule has 1 fully saturated rings. The number of halogens is 1. The average Bonchev–Trinajstić information content (AvgIpc) is 2.84. The van der Waals surface area contributed by atoms with Crippen LogP contribution < -0.4 is 5.32 Å². The summed E-state index contributed by atoms with van der Waals surface area (Å²) in [5, 5.41) is 3.17. The second kappa shape index (κ2) is 9.85. The Morgan fingerprint density at radius 1 is 1.00 bits per heavy atom. The molecule has 4 rings (SSSR count). The number of nitrogens with zero attached hydrogens (tertiary/aromatic N) is 1. The Morgan fingerprint density at radius 2 is 1.67 bits per heavy atom. The van der Waals surface area contributed by atoms with E-state index in [0.29, 0.717) is 19.4 Å². The molecule has 0 bridgehead atoms. The van der Waals surface area contributed by atoms with Crippen LogP contribution in [0.25, 0.3) is 0 Å². The zero-order valence-electron chi connectivity index (χ0n) is 18.4. The van der Waals surface area contributed by atoms with Gasteiger partial charge in [0.1, 0.15) is 5.82 Å². The fourth-order valence-corrected chi connectivity index (χ4v) is 5.81. The number of piperidine rings is 1. The molecule has 7 heteroatoms. The highest BCUT2D eigenvalue weighted by molar-refractivity contribution is 7.89. The van der Waals surface area contributed by atoms with Crippen molar-refractivity contribution in [2.45, 2.75) is 30.7 Å². The lowest BCUT2D eigenvalue weighted by Gasteiger charge is -2.32. The predicted octanol–water partition coefficient (Wildman–Crippen LogP) is 4.44. The monoisotopic (exact) mass is 466 g/mol. The summed E-state index contributed by atoms with van der Waals surface area (Å²) in [6.07, 6.45) is 1.19. The molecule has 3 aromatic carbocycles. The number of hydrogen-bond donors (Lipinski definition) is 1. The van der Waals surface area contributed by atoms with Gasteiger partial charge in [-0.25, -0.2) is 12.8 Å². The molecule has 0 aromatic heterocycles. The Labute approximate surface area is 194 Å². The molecule has 1 amide bonds. The van der Waals surface area contributed by atoms with Crippen molar-refractivity contribution in [3.8, 4) is 0 Å². The van der Waals surface area contributed by atoms with Gasteiger partial charge in [-0.1, -0.05) is 54.6 Å². The second-order valence-electron chi connectivity index (χ2n) is 8.36. The molecule has 2 atom stereocenters. The molecule has 3 aromatic rings. The quantitative estimate of drug-likeness (QED) is 0.584. The Balaban J connectivity index is 1.55. The third-order valence-electron chi connectivity index (χ3n) is 6.13. The highest BCUT2D eigenvalue weighted by Crippen LogP contribution is 2.28. The molecule has 5 nitrogen and oxygen atoms in total. The number of hydrogen-bond acceptors (Lipinski definition) is 3. The minimum atomic E-state index is -3.80. The average molecular weight is 467 g/mol. The topological polar surface area (TPSA) is 66.5 Å². The van der Waals surface area contributed by atoms with Gasteiger partial charge in [0.15, 0.2) is 0 Å². The summed E-state index contributed by atoms with van der Waals surface area (Å²) >= 11 is 0. The van der Waals surface area contributed by atoms with Crippen LogP contribution in [0.3, 0.4) is 0 Å². The smallest absolute Gasteiger partial charge is 0.243 e. The number of aryl methyl sites for hydroxylation is 1. The molecular formula is C26H27FN2O3S. The van der Waals surface area contributed by atoms with Gasteiger partial charge in [0.2, 0.25) is 15.9 Å². The number of benzene rings is 3. The summed E-state index contributed by atoms with van der Waals surface area (Å²) in [7, 11) is -3.80. The first-order valence-electron chi connectivity index (χ1n) is 11.0. The number of sulfonamides is 1. The first kappa shape index (κ1) is 23.1. The normalized spacial score (nSPS) is 17.9. The lowest BCUT2D eigenvalue weighted by molar-refractivity contribution is -0.126. The maximum Gasteiger partial charge on any atom is 0.243 e. The van der Waals surface area contributed by atoms with Crippen molar-refractivity contribution in [2.75, 3.05) is 13.1 Å². The molecule has 0 spiro atoms. The SMILES string of the molecule is Cc1ccccc1[C@@H](NC(=O)[C@H]1CCCN(S(=O)(=O)c2ccc(F)cc2)C1)c1ccccc1. The first-order chi connectivity index (χ1) is 15.9. The molecule has 33 heavy (non-hydrogen) atoms. The largest absolute Gasteiger partial charge is 0.345 e. The zero-order valence-corrected chi connectivity index (χ0v) is 19.3. The number of carbonyl (C=O) groups is 1. The number of amides is 1. The van der Waals surface area contributed by atoms with Crippen molar-refractivity contribution in [2.24, 2.45) is 5.92 Å². The van der Waals surface area contributed by atoms with Crippen LogP contribution in [-0.2, 0) is 14.8 Å². The van der Waals surface area contributed by atoms with Gasteiger partial charge in [0, 0.05) is 13.1 Å². The Bertz CT molecular complexity index is 1210. The van der Waals surface area contributed by atoms with E-state index in [4.69, 9.17) is 0 Å². The molecule has 1 aliphatic rings. The maximum atomic E-state index is 13.3. The Kier molecular flexibility index (Phi) is 6.91. The summed E-state index contributed by atoms with van der Waals surface area (Å²) in [5.74, 6) is -1.14. The van der Waals surface area contributed by atoms with E-state index in [1.165, 1.54) is 16.4 Å². The summed E-state index contributed by atoms with van der Waals surface area (Å²) in [6, 6.07) is 22.1. The minimum absolute atomic E-state index is 0.0343. The van der Waals surface area contributed by atoms with Crippen LogP contribution in [0.5, 0.6) is 0 Å².